The summed E-state index contributed by atoms with van der Waals surface area (Å²) in [6.07, 6.45) is 7.76. The van der Waals surface area contributed by atoms with Crippen LogP contribution in [0, 0.1) is 0 Å². The van der Waals surface area contributed by atoms with Crippen LogP contribution in [0.1, 0.15) is 46.0 Å². The van der Waals surface area contributed by atoms with E-state index in [0.717, 1.165) is 19.3 Å². The van der Waals surface area contributed by atoms with Crippen molar-refractivity contribution in [2.24, 2.45) is 4.99 Å². The van der Waals surface area contributed by atoms with Gasteiger partial charge in [-0.3, -0.25) is 9.69 Å². The SMILES string of the molecule is CC/C=C/CCCC([O-])=NCCN(CCCO)C(C)C(=O)O.[Na+]. The summed E-state index contributed by atoms with van der Waals surface area (Å²) in [5, 5.41) is 29.5. The number of nitrogens with zero attached hydrogens (tertiary/aromatic N) is 2. The van der Waals surface area contributed by atoms with E-state index >= 15 is 0 Å². The van der Waals surface area contributed by atoms with Crippen molar-refractivity contribution in [2.75, 3.05) is 26.2 Å². The van der Waals surface area contributed by atoms with Crippen LogP contribution < -0.4 is 34.7 Å². The molecule has 0 fully saturated rings. The molecule has 0 rings (SSSR count). The van der Waals surface area contributed by atoms with Crippen LogP contribution in [-0.2, 0) is 4.79 Å². The van der Waals surface area contributed by atoms with Gasteiger partial charge in [0.2, 0.25) is 0 Å². The van der Waals surface area contributed by atoms with Crippen LogP contribution in [0.15, 0.2) is 17.1 Å². The monoisotopic (exact) mass is 336 g/mol. The predicted octanol–water partition coefficient (Wildman–Crippen LogP) is -1.96. The predicted molar refractivity (Wildman–Crippen MR) is 86.0 cm³/mol. The number of rotatable bonds is 13. The quantitative estimate of drug-likeness (QED) is 0.134. The summed E-state index contributed by atoms with van der Waals surface area (Å²) in [4.78, 5) is 16.7. The molecule has 0 aromatic carbocycles. The normalized spacial score (nSPS) is 13.3. The van der Waals surface area contributed by atoms with Crippen LogP contribution in [0.3, 0.4) is 0 Å². The molecule has 0 aromatic heterocycles. The molecule has 7 heteroatoms. The Labute approximate surface area is 161 Å². The Morgan fingerprint density at radius 3 is 2.57 bits per heavy atom. The van der Waals surface area contributed by atoms with E-state index < -0.39 is 12.0 Å². The first kappa shape index (κ1) is 24.8. The number of aliphatic hydroxyl groups excluding tert-OH is 1. The van der Waals surface area contributed by atoms with Crippen LogP contribution in [0.5, 0.6) is 0 Å². The van der Waals surface area contributed by atoms with E-state index in [-0.39, 0.29) is 42.1 Å². The average molecular weight is 336 g/mol. The van der Waals surface area contributed by atoms with Gasteiger partial charge in [-0.05, 0) is 44.9 Å². The topological polar surface area (TPSA) is 96.2 Å². The molecule has 0 aliphatic heterocycles. The molecule has 1 unspecified atom stereocenters. The molecule has 0 saturated carbocycles. The van der Waals surface area contributed by atoms with E-state index in [2.05, 4.69) is 24.1 Å². The molecule has 2 N–H and O–H groups in total. The van der Waals surface area contributed by atoms with Crippen LogP contribution in [0.25, 0.3) is 0 Å². The largest absolute Gasteiger partial charge is 1.00 e. The number of carbonyl (C=O) groups is 1. The number of carboxylic acids is 1. The third-order valence-electron chi connectivity index (χ3n) is 3.35. The number of aliphatic carboxylic acids is 1. The third-order valence-corrected chi connectivity index (χ3v) is 3.35. The Kier molecular flexibility index (Phi) is 17.8. The zero-order valence-corrected chi connectivity index (χ0v) is 16.7. The molecule has 0 aliphatic rings. The molecule has 0 bridgehead atoms. The van der Waals surface area contributed by atoms with Gasteiger partial charge in [-0.25, -0.2) is 0 Å². The second-order valence-corrected chi connectivity index (χ2v) is 5.17. The molecular formula is C16H29N2NaO4. The van der Waals surface area contributed by atoms with Crippen molar-refractivity contribution in [2.45, 2.75) is 52.0 Å². The van der Waals surface area contributed by atoms with Crippen molar-refractivity contribution < 1.29 is 49.7 Å². The summed E-state index contributed by atoms with van der Waals surface area (Å²) in [6, 6.07) is -0.643. The molecule has 6 nitrogen and oxygen atoms in total. The summed E-state index contributed by atoms with van der Waals surface area (Å²) in [7, 11) is 0. The second kappa shape index (κ2) is 16.5. The van der Waals surface area contributed by atoms with Crippen LogP contribution in [0.2, 0.25) is 0 Å². The smallest absolute Gasteiger partial charge is 0.862 e. The summed E-state index contributed by atoms with van der Waals surface area (Å²) in [5.74, 6) is -1.04. The number of unbranched alkanes of at least 4 members (excludes halogenated alkanes) is 1. The molecule has 0 aromatic rings. The van der Waals surface area contributed by atoms with Gasteiger partial charge >= 0.3 is 35.5 Å². The van der Waals surface area contributed by atoms with Crippen molar-refractivity contribution >= 4 is 11.9 Å². The molecule has 0 heterocycles. The fourth-order valence-electron chi connectivity index (χ4n) is 1.97. The van der Waals surface area contributed by atoms with Gasteiger partial charge in [0.1, 0.15) is 6.04 Å². The minimum atomic E-state index is -0.910. The van der Waals surface area contributed by atoms with Gasteiger partial charge in [0.25, 0.3) is 0 Å². The standard InChI is InChI=1S/C16H30N2O4.Na/c1-3-4-5-6-7-9-15(20)17-10-12-18(11-8-13-19)14(2)16(21)22;/h4-5,14,19H,3,6-13H2,1-2H3,(H,17,20)(H,21,22);/q;+1/p-1/b5-4+;. The third kappa shape index (κ3) is 13.7. The van der Waals surface area contributed by atoms with Crippen molar-refractivity contribution in [1.82, 2.24) is 4.90 Å². The molecule has 1 atom stereocenters. The van der Waals surface area contributed by atoms with Gasteiger partial charge < -0.3 is 20.3 Å². The fourth-order valence-corrected chi connectivity index (χ4v) is 1.97. The van der Waals surface area contributed by atoms with E-state index in [9.17, 15) is 9.90 Å². The molecular weight excluding hydrogens is 307 g/mol. The van der Waals surface area contributed by atoms with Gasteiger partial charge in [0.15, 0.2) is 0 Å². The van der Waals surface area contributed by atoms with E-state index in [1.54, 1.807) is 11.8 Å². The minimum absolute atomic E-state index is 0. The van der Waals surface area contributed by atoms with E-state index in [4.69, 9.17) is 10.2 Å². The molecule has 0 aliphatic carbocycles. The number of carboxylic acid groups (broad SMARTS) is 1. The van der Waals surface area contributed by atoms with Gasteiger partial charge in [-0.15, -0.1) is 0 Å². The van der Waals surface area contributed by atoms with E-state index in [1.165, 1.54) is 0 Å². The first-order valence-corrected chi connectivity index (χ1v) is 7.96. The van der Waals surface area contributed by atoms with Crippen molar-refractivity contribution in [1.29, 1.82) is 0 Å². The Morgan fingerprint density at radius 2 is 2.00 bits per heavy atom. The summed E-state index contributed by atoms with van der Waals surface area (Å²) in [5.41, 5.74) is 0. The first-order chi connectivity index (χ1) is 10.5. The van der Waals surface area contributed by atoms with Crippen LogP contribution in [0.4, 0.5) is 0 Å². The average Bonchev–Trinajstić information content (AvgIpc) is 2.49. The number of hydrogen-bond acceptors (Lipinski definition) is 5. The van der Waals surface area contributed by atoms with Gasteiger partial charge in [0.05, 0.1) is 6.54 Å². The maximum Gasteiger partial charge on any atom is 1.00 e. The molecule has 0 saturated heterocycles. The molecule has 0 amide bonds. The Hall–Kier alpha value is -0.400. The number of allylic oxidation sites excluding steroid dienone is 2. The molecule has 0 spiro atoms. The van der Waals surface area contributed by atoms with Gasteiger partial charge in [-0.2, -0.15) is 0 Å². The Balaban J connectivity index is 0. The maximum atomic E-state index is 11.6. The minimum Gasteiger partial charge on any atom is -0.862 e. The van der Waals surface area contributed by atoms with E-state index in [1.807, 2.05) is 0 Å². The van der Waals surface area contributed by atoms with Gasteiger partial charge in [0, 0.05) is 19.7 Å². The summed E-state index contributed by atoms with van der Waals surface area (Å²) < 4.78 is 0. The Bertz CT molecular complexity index is 362. The molecule has 23 heavy (non-hydrogen) atoms. The van der Waals surface area contributed by atoms with Crippen molar-refractivity contribution in [3.05, 3.63) is 12.2 Å². The van der Waals surface area contributed by atoms with Crippen molar-refractivity contribution in [3.63, 3.8) is 0 Å². The van der Waals surface area contributed by atoms with Gasteiger partial charge in [-0.1, -0.05) is 19.1 Å². The fraction of sp³-hybridized carbons (Fsp3) is 0.750. The van der Waals surface area contributed by atoms with Crippen LogP contribution in [-0.4, -0.2) is 59.3 Å². The van der Waals surface area contributed by atoms with Crippen LogP contribution >= 0.6 is 0 Å². The number of aliphatic hydroxyl groups is 1. The Morgan fingerprint density at radius 1 is 1.30 bits per heavy atom. The number of aliphatic imine (C=N–C) groups is 1. The number of hydrogen-bond donors (Lipinski definition) is 2. The summed E-state index contributed by atoms with van der Waals surface area (Å²) >= 11 is 0. The van der Waals surface area contributed by atoms with Crippen molar-refractivity contribution in [3.8, 4) is 0 Å². The molecule has 0 radical (unpaired) electrons. The zero-order chi connectivity index (χ0) is 16.8. The first-order valence-electron chi connectivity index (χ1n) is 7.96. The molecule has 128 valence electrons. The maximum absolute atomic E-state index is 11.6. The van der Waals surface area contributed by atoms with E-state index in [0.29, 0.717) is 32.5 Å². The summed E-state index contributed by atoms with van der Waals surface area (Å²) in [6.45, 7) is 4.88. The zero-order valence-electron chi connectivity index (χ0n) is 14.7. The second-order valence-electron chi connectivity index (χ2n) is 5.17.